The van der Waals surface area contributed by atoms with Gasteiger partial charge in [0.1, 0.15) is 6.04 Å². The molecule has 0 unspecified atom stereocenters. The molecule has 1 aliphatic heterocycles. The van der Waals surface area contributed by atoms with E-state index in [-0.39, 0.29) is 12.3 Å². The van der Waals surface area contributed by atoms with E-state index in [0.717, 1.165) is 0 Å². The van der Waals surface area contributed by atoms with Crippen LogP contribution in [0, 0.1) is 0 Å². The van der Waals surface area contributed by atoms with Crippen LogP contribution in [0.3, 0.4) is 0 Å². The van der Waals surface area contributed by atoms with Gasteiger partial charge < -0.3 is 16.2 Å². The Morgan fingerprint density at radius 1 is 1.80 bits per heavy atom. The van der Waals surface area contributed by atoms with Crippen LogP contribution in [0.5, 0.6) is 0 Å². The van der Waals surface area contributed by atoms with Crippen molar-refractivity contribution < 1.29 is 14.7 Å². The molecule has 5 heteroatoms. The van der Waals surface area contributed by atoms with Crippen molar-refractivity contribution in [1.29, 1.82) is 0 Å². The van der Waals surface area contributed by atoms with Gasteiger partial charge in [-0.2, -0.15) is 0 Å². The highest BCUT2D eigenvalue weighted by atomic mass is 16.4. The zero-order chi connectivity index (χ0) is 7.72. The lowest BCUT2D eigenvalue weighted by Crippen LogP contribution is -2.34. The standard InChI is InChI=1S/C5H8N2O3/c6-2-1-3(5(9)10)7-4(2)8/h2-3H,1,6H2,(H,7,8)(H,9,10)/t2-,3+/m0/s1. The first kappa shape index (κ1) is 7.01. The first-order chi connectivity index (χ1) is 4.61. The minimum Gasteiger partial charge on any atom is -0.480 e. The maximum absolute atomic E-state index is 10.6. The van der Waals surface area contributed by atoms with Crippen LogP contribution < -0.4 is 11.1 Å². The van der Waals surface area contributed by atoms with Crippen molar-refractivity contribution in [3.63, 3.8) is 0 Å². The molecule has 2 atom stereocenters. The van der Waals surface area contributed by atoms with E-state index in [0.29, 0.717) is 0 Å². The molecule has 0 aromatic heterocycles. The molecule has 0 bridgehead atoms. The molecule has 0 aliphatic carbocycles. The van der Waals surface area contributed by atoms with Gasteiger partial charge in [0.2, 0.25) is 5.91 Å². The highest BCUT2D eigenvalue weighted by molar-refractivity contribution is 5.90. The molecule has 1 aliphatic rings. The summed E-state index contributed by atoms with van der Waals surface area (Å²) < 4.78 is 0. The Morgan fingerprint density at radius 2 is 2.40 bits per heavy atom. The number of carbonyl (C=O) groups is 2. The minimum atomic E-state index is -1.03. The lowest BCUT2D eigenvalue weighted by atomic mass is 10.2. The fourth-order valence-electron chi connectivity index (χ4n) is 0.861. The summed E-state index contributed by atoms with van der Waals surface area (Å²) in [6, 6.07) is -1.44. The molecule has 0 radical (unpaired) electrons. The van der Waals surface area contributed by atoms with E-state index >= 15 is 0 Å². The summed E-state index contributed by atoms with van der Waals surface area (Å²) in [5, 5.41) is 10.6. The van der Waals surface area contributed by atoms with Gasteiger partial charge in [0.05, 0.1) is 6.04 Å². The number of carboxylic acid groups (broad SMARTS) is 1. The van der Waals surface area contributed by atoms with E-state index in [1.165, 1.54) is 0 Å². The fourth-order valence-corrected chi connectivity index (χ4v) is 0.861. The molecular formula is C5H8N2O3. The summed E-state index contributed by atoms with van der Waals surface area (Å²) >= 11 is 0. The normalized spacial score (nSPS) is 31.9. The summed E-state index contributed by atoms with van der Waals surface area (Å²) in [6.45, 7) is 0. The summed E-state index contributed by atoms with van der Waals surface area (Å²) in [6.07, 6.45) is 0.189. The van der Waals surface area contributed by atoms with Gasteiger partial charge >= 0.3 is 5.97 Å². The van der Waals surface area contributed by atoms with Crippen LogP contribution in [0.1, 0.15) is 6.42 Å². The third-order valence-electron chi connectivity index (χ3n) is 1.44. The Hall–Kier alpha value is -1.10. The van der Waals surface area contributed by atoms with Gasteiger partial charge in [-0.25, -0.2) is 4.79 Å². The molecule has 0 aromatic carbocycles. The van der Waals surface area contributed by atoms with Crippen molar-refractivity contribution in [1.82, 2.24) is 5.32 Å². The van der Waals surface area contributed by atoms with Gasteiger partial charge in [-0.1, -0.05) is 0 Å². The number of hydrogen-bond donors (Lipinski definition) is 3. The molecule has 56 valence electrons. The molecule has 1 saturated heterocycles. The second-order valence-corrected chi connectivity index (χ2v) is 2.24. The molecule has 10 heavy (non-hydrogen) atoms. The van der Waals surface area contributed by atoms with Crippen LogP contribution >= 0.6 is 0 Å². The number of carboxylic acids is 1. The topological polar surface area (TPSA) is 92.4 Å². The average Bonchev–Trinajstić information content (AvgIpc) is 2.13. The number of nitrogens with two attached hydrogens (primary N) is 1. The Bertz CT molecular complexity index is 180. The van der Waals surface area contributed by atoms with Gasteiger partial charge in [-0.05, 0) is 0 Å². The van der Waals surface area contributed by atoms with Crippen molar-refractivity contribution in [2.24, 2.45) is 5.73 Å². The van der Waals surface area contributed by atoms with Crippen LogP contribution in [-0.2, 0) is 9.59 Å². The maximum Gasteiger partial charge on any atom is 0.326 e. The Balaban J connectivity index is 2.57. The van der Waals surface area contributed by atoms with Gasteiger partial charge in [0.25, 0.3) is 0 Å². The van der Waals surface area contributed by atoms with E-state index in [4.69, 9.17) is 10.8 Å². The van der Waals surface area contributed by atoms with E-state index in [1.807, 2.05) is 0 Å². The third-order valence-corrected chi connectivity index (χ3v) is 1.44. The summed E-state index contributed by atoms with van der Waals surface area (Å²) in [5.74, 6) is -1.41. The molecule has 0 saturated carbocycles. The Morgan fingerprint density at radius 3 is 2.60 bits per heavy atom. The Labute approximate surface area is 57.2 Å². The molecule has 1 heterocycles. The van der Waals surface area contributed by atoms with Crippen LogP contribution in [0.2, 0.25) is 0 Å². The van der Waals surface area contributed by atoms with Crippen molar-refractivity contribution in [3.8, 4) is 0 Å². The fraction of sp³-hybridized carbons (Fsp3) is 0.600. The molecule has 1 fully saturated rings. The van der Waals surface area contributed by atoms with Crippen LogP contribution in [-0.4, -0.2) is 29.1 Å². The number of amides is 1. The van der Waals surface area contributed by atoms with Crippen molar-refractivity contribution >= 4 is 11.9 Å². The summed E-state index contributed by atoms with van der Waals surface area (Å²) in [5.41, 5.74) is 5.23. The second kappa shape index (κ2) is 2.26. The number of carbonyl (C=O) groups excluding carboxylic acids is 1. The van der Waals surface area contributed by atoms with Crippen LogP contribution in [0.4, 0.5) is 0 Å². The molecule has 0 spiro atoms. The minimum absolute atomic E-state index is 0.189. The summed E-state index contributed by atoms with van der Waals surface area (Å²) in [4.78, 5) is 20.8. The highest BCUT2D eigenvalue weighted by Crippen LogP contribution is 2.04. The number of rotatable bonds is 1. The molecule has 1 amide bonds. The van der Waals surface area contributed by atoms with Crippen molar-refractivity contribution in [2.45, 2.75) is 18.5 Å². The second-order valence-electron chi connectivity index (χ2n) is 2.24. The number of hydrogen-bond acceptors (Lipinski definition) is 3. The predicted octanol–water partition coefficient (Wildman–Crippen LogP) is -1.71. The lowest BCUT2D eigenvalue weighted by molar-refractivity contribution is -0.140. The SMILES string of the molecule is N[C@H]1C[C@H](C(=O)O)NC1=O. The third kappa shape index (κ3) is 1.08. The van der Waals surface area contributed by atoms with Crippen molar-refractivity contribution in [3.05, 3.63) is 0 Å². The average molecular weight is 144 g/mol. The first-order valence-electron chi connectivity index (χ1n) is 2.90. The van der Waals surface area contributed by atoms with Crippen LogP contribution in [0.25, 0.3) is 0 Å². The van der Waals surface area contributed by atoms with E-state index in [1.54, 1.807) is 0 Å². The molecule has 4 N–H and O–H groups in total. The van der Waals surface area contributed by atoms with Gasteiger partial charge in [0.15, 0.2) is 0 Å². The van der Waals surface area contributed by atoms with E-state index in [2.05, 4.69) is 5.32 Å². The monoisotopic (exact) mass is 144 g/mol. The smallest absolute Gasteiger partial charge is 0.326 e. The quantitative estimate of drug-likeness (QED) is 0.408. The van der Waals surface area contributed by atoms with Crippen molar-refractivity contribution in [2.75, 3.05) is 0 Å². The molecular weight excluding hydrogens is 136 g/mol. The Kier molecular flexibility index (Phi) is 1.58. The van der Waals surface area contributed by atoms with Gasteiger partial charge in [0, 0.05) is 6.42 Å². The number of aliphatic carboxylic acids is 1. The van der Waals surface area contributed by atoms with E-state index < -0.39 is 18.1 Å². The molecule has 5 nitrogen and oxygen atoms in total. The highest BCUT2D eigenvalue weighted by Gasteiger charge is 2.33. The predicted molar refractivity (Wildman–Crippen MR) is 32.2 cm³/mol. The largest absolute Gasteiger partial charge is 0.480 e. The zero-order valence-corrected chi connectivity index (χ0v) is 5.20. The maximum atomic E-state index is 10.6. The van der Waals surface area contributed by atoms with Gasteiger partial charge in [-0.15, -0.1) is 0 Å². The molecule has 1 rings (SSSR count). The van der Waals surface area contributed by atoms with E-state index in [9.17, 15) is 9.59 Å². The summed E-state index contributed by atoms with van der Waals surface area (Å²) in [7, 11) is 0. The van der Waals surface area contributed by atoms with Crippen LogP contribution in [0.15, 0.2) is 0 Å². The number of nitrogens with one attached hydrogen (secondary N) is 1. The van der Waals surface area contributed by atoms with Gasteiger partial charge in [-0.3, -0.25) is 4.79 Å². The molecule has 0 aromatic rings. The zero-order valence-electron chi connectivity index (χ0n) is 5.20. The first-order valence-corrected chi connectivity index (χ1v) is 2.90. The lowest BCUT2D eigenvalue weighted by Gasteiger charge is -1.99.